The quantitative estimate of drug-likeness (QED) is 0.687. The van der Waals surface area contributed by atoms with Crippen molar-refractivity contribution in [1.82, 2.24) is 10.2 Å². The van der Waals surface area contributed by atoms with E-state index in [0.29, 0.717) is 6.42 Å². The summed E-state index contributed by atoms with van der Waals surface area (Å²) in [5, 5.41) is 2.86. The molecule has 1 N–H and O–H groups in total. The van der Waals surface area contributed by atoms with Crippen molar-refractivity contribution in [3.63, 3.8) is 0 Å². The van der Waals surface area contributed by atoms with Crippen molar-refractivity contribution in [3.05, 3.63) is 29.8 Å². The van der Waals surface area contributed by atoms with Crippen molar-refractivity contribution in [2.45, 2.75) is 44.2 Å². The molecule has 2 fully saturated rings. The third-order valence-corrected chi connectivity index (χ3v) is 6.94. The number of nitrogens with one attached hydrogen (secondary N) is 1. The number of ether oxygens (including phenoxy) is 1. The number of hydrogen-bond acceptors (Lipinski definition) is 5. The van der Waals surface area contributed by atoms with Gasteiger partial charge in [-0.3, -0.25) is 9.69 Å². The van der Waals surface area contributed by atoms with Crippen LogP contribution in [-0.2, 0) is 14.6 Å². The van der Waals surface area contributed by atoms with Gasteiger partial charge in [-0.1, -0.05) is 6.42 Å². The minimum Gasteiger partial charge on any atom is -0.491 e. The highest BCUT2D eigenvalue weighted by Gasteiger charge is 2.41. The first-order valence-electron chi connectivity index (χ1n) is 9.66. The van der Waals surface area contributed by atoms with Crippen LogP contribution in [-0.4, -0.2) is 62.5 Å². The van der Waals surface area contributed by atoms with E-state index in [0.717, 1.165) is 44.5 Å². The summed E-state index contributed by atoms with van der Waals surface area (Å²) in [5.41, 5.74) is 0. The molecule has 9 heteroatoms. The number of likely N-dealkylation sites (tertiary alicyclic amines) is 1. The fraction of sp³-hybridized carbons (Fsp3) is 0.632. The molecule has 1 aromatic rings. The van der Waals surface area contributed by atoms with Crippen molar-refractivity contribution < 1.29 is 26.7 Å². The fourth-order valence-electron chi connectivity index (χ4n) is 3.86. The fourth-order valence-corrected chi connectivity index (χ4v) is 5.82. The number of hydrogen-bond donors (Lipinski definition) is 1. The lowest BCUT2D eigenvalue weighted by Crippen LogP contribution is -2.52. The highest BCUT2D eigenvalue weighted by Crippen LogP contribution is 2.22. The Kier molecular flexibility index (Phi) is 6.87. The summed E-state index contributed by atoms with van der Waals surface area (Å²) in [7, 11) is -3.16. The van der Waals surface area contributed by atoms with Gasteiger partial charge in [-0.2, -0.15) is 0 Å². The summed E-state index contributed by atoms with van der Waals surface area (Å²) in [4.78, 5) is 14.4. The lowest BCUT2D eigenvalue weighted by atomic mass is 10.0. The van der Waals surface area contributed by atoms with E-state index in [4.69, 9.17) is 4.74 Å². The Morgan fingerprint density at radius 3 is 2.64 bits per heavy atom. The van der Waals surface area contributed by atoms with Gasteiger partial charge >= 0.3 is 0 Å². The second-order valence-corrected chi connectivity index (χ2v) is 9.60. The Labute approximate surface area is 164 Å². The third kappa shape index (κ3) is 5.64. The van der Waals surface area contributed by atoms with E-state index in [-0.39, 0.29) is 42.2 Å². The molecule has 1 aromatic carbocycles. The molecule has 156 valence electrons. The third-order valence-electron chi connectivity index (χ3n) is 5.23. The molecule has 2 unspecified atom stereocenters. The maximum atomic E-state index is 13.5. The molecule has 2 saturated heterocycles. The van der Waals surface area contributed by atoms with Gasteiger partial charge in [0, 0.05) is 18.5 Å². The van der Waals surface area contributed by atoms with Gasteiger partial charge in [0.15, 0.2) is 21.4 Å². The predicted octanol–water partition coefficient (Wildman–Crippen LogP) is 1.89. The molecule has 2 atom stereocenters. The molecule has 6 nitrogen and oxygen atoms in total. The van der Waals surface area contributed by atoms with Crippen molar-refractivity contribution in [3.8, 4) is 5.75 Å². The van der Waals surface area contributed by atoms with Crippen molar-refractivity contribution in [1.29, 1.82) is 0 Å². The molecule has 0 saturated carbocycles. The number of halogens is 2. The Balaban J connectivity index is 1.46. The molecule has 0 spiro atoms. The topological polar surface area (TPSA) is 75.7 Å². The summed E-state index contributed by atoms with van der Waals surface area (Å²) in [6.07, 6.45) is 3.74. The monoisotopic (exact) mass is 416 g/mol. The first-order chi connectivity index (χ1) is 13.3. The van der Waals surface area contributed by atoms with Gasteiger partial charge < -0.3 is 10.1 Å². The van der Waals surface area contributed by atoms with E-state index in [2.05, 4.69) is 10.2 Å². The van der Waals surface area contributed by atoms with Gasteiger partial charge in [0.25, 0.3) is 0 Å². The van der Waals surface area contributed by atoms with E-state index in [9.17, 15) is 22.0 Å². The van der Waals surface area contributed by atoms with E-state index >= 15 is 0 Å². The number of nitrogens with zero attached hydrogens (tertiary/aromatic N) is 1. The second-order valence-electron chi connectivity index (χ2n) is 7.44. The second kappa shape index (κ2) is 9.17. The minimum atomic E-state index is -3.16. The summed E-state index contributed by atoms with van der Waals surface area (Å²) in [6, 6.07) is 2.48. The molecule has 2 aliphatic heterocycles. The van der Waals surface area contributed by atoms with Crippen LogP contribution < -0.4 is 10.1 Å². The number of carbonyl (C=O) groups excluding carboxylic acids is 1. The molecule has 1 amide bonds. The number of amides is 1. The molecule has 0 aromatic heterocycles. The summed E-state index contributed by atoms with van der Waals surface area (Å²) in [6.45, 7) is 1.84. The van der Waals surface area contributed by atoms with Gasteiger partial charge in [0.1, 0.15) is 5.82 Å². The summed E-state index contributed by atoms with van der Waals surface area (Å²) in [5.74, 6) is -1.72. The Morgan fingerprint density at radius 1 is 1.18 bits per heavy atom. The van der Waals surface area contributed by atoms with Gasteiger partial charge in [0.2, 0.25) is 5.91 Å². The minimum absolute atomic E-state index is 0.0306. The zero-order valence-electron chi connectivity index (χ0n) is 15.7. The molecule has 2 heterocycles. The van der Waals surface area contributed by atoms with Crippen LogP contribution >= 0.6 is 0 Å². The van der Waals surface area contributed by atoms with Gasteiger partial charge in [0.05, 0.1) is 24.2 Å². The van der Waals surface area contributed by atoms with Crippen LogP contribution in [0.15, 0.2) is 18.2 Å². The maximum absolute atomic E-state index is 13.5. The van der Waals surface area contributed by atoms with Crippen LogP contribution in [0.2, 0.25) is 0 Å². The van der Waals surface area contributed by atoms with Crippen LogP contribution in [0.4, 0.5) is 8.78 Å². The van der Waals surface area contributed by atoms with E-state index in [1.807, 2.05) is 0 Å². The number of carbonyl (C=O) groups is 1. The van der Waals surface area contributed by atoms with Crippen LogP contribution in [0, 0.1) is 11.6 Å². The molecule has 28 heavy (non-hydrogen) atoms. The average molecular weight is 416 g/mol. The van der Waals surface area contributed by atoms with Crippen molar-refractivity contribution >= 4 is 15.7 Å². The van der Waals surface area contributed by atoms with E-state index in [1.165, 1.54) is 6.07 Å². The molecular weight excluding hydrogens is 390 g/mol. The van der Waals surface area contributed by atoms with Crippen molar-refractivity contribution in [2.75, 3.05) is 31.2 Å². The summed E-state index contributed by atoms with van der Waals surface area (Å²) < 4.78 is 55.8. The van der Waals surface area contributed by atoms with Gasteiger partial charge in [-0.15, -0.1) is 0 Å². The largest absolute Gasteiger partial charge is 0.491 e. The maximum Gasteiger partial charge on any atom is 0.220 e. The molecule has 2 aliphatic rings. The molecule has 0 radical (unpaired) electrons. The Hall–Kier alpha value is -1.74. The predicted molar refractivity (Wildman–Crippen MR) is 101 cm³/mol. The number of benzene rings is 1. The zero-order valence-corrected chi connectivity index (χ0v) is 16.5. The number of rotatable bonds is 7. The normalized spacial score (nSPS) is 24.8. The molecule has 0 bridgehead atoms. The molecule has 3 rings (SSSR count). The molecular formula is C19H26F2N2O4S. The average Bonchev–Trinajstić information content (AvgIpc) is 2.95. The number of sulfone groups is 1. The highest BCUT2D eigenvalue weighted by atomic mass is 32.2. The van der Waals surface area contributed by atoms with E-state index < -0.39 is 27.5 Å². The summed E-state index contributed by atoms with van der Waals surface area (Å²) >= 11 is 0. The lowest BCUT2D eigenvalue weighted by molar-refractivity contribution is -0.122. The highest BCUT2D eigenvalue weighted by molar-refractivity contribution is 7.91. The Bertz CT molecular complexity index is 797. The molecule has 0 aliphatic carbocycles. The number of piperidine rings is 1. The van der Waals surface area contributed by atoms with Crippen LogP contribution in [0.5, 0.6) is 5.75 Å². The first-order valence-corrected chi connectivity index (χ1v) is 11.5. The standard InChI is InChI=1S/C19H26F2N2O4S/c20-14-6-7-18(15(21)11-14)27-10-4-5-19(24)22-16-12-28(25,26)13-17(16)23-8-2-1-3-9-23/h6-7,11,16-17H,1-5,8-10,12-13H2,(H,22,24). The van der Waals surface area contributed by atoms with Crippen molar-refractivity contribution in [2.24, 2.45) is 0 Å². The van der Waals surface area contributed by atoms with Crippen LogP contribution in [0.3, 0.4) is 0 Å². The van der Waals surface area contributed by atoms with E-state index in [1.54, 1.807) is 0 Å². The smallest absolute Gasteiger partial charge is 0.220 e. The van der Waals surface area contributed by atoms with Crippen LogP contribution in [0.1, 0.15) is 32.1 Å². The lowest BCUT2D eigenvalue weighted by Gasteiger charge is -2.35. The SMILES string of the molecule is O=C(CCCOc1ccc(F)cc1F)NC1CS(=O)(=O)CC1N1CCCCC1. The van der Waals surface area contributed by atoms with Gasteiger partial charge in [-0.25, -0.2) is 17.2 Å². The van der Waals surface area contributed by atoms with Crippen LogP contribution in [0.25, 0.3) is 0 Å². The zero-order chi connectivity index (χ0) is 20.1. The first kappa shape index (κ1) is 21.0. The Morgan fingerprint density at radius 2 is 1.93 bits per heavy atom. The van der Waals surface area contributed by atoms with Gasteiger partial charge in [-0.05, 0) is 44.5 Å².